The molecule has 1 unspecified atom stereocenters. The second-order valence-electron chi connectivity index (χ2n) is 2.95. The Labute approximate surface area is 82.7 Å². The Bertz CT molecular complexity index is 326. The third-order valence-electron chi connectivity index (χ3n) is 1.83. The summed E-state index contributed by atoms with van der Waals surface area (Å²) in [6.07, 6.45) is 1.65. The maximum absolute atomic E-state index is 10.8. The van der Waals surface area contributed by atoms with Gasteiger partial charge in [0.05, 0.1) is 0 Å². The highest BCUT2D eigenvalue weighted by Crippen LogP contribution is 2.11. The van der Waals surface area contributed by atoms with Crippen LogP contribution in [0.5, 0.6) is 0 Å². The van der Waals surface area contributed by atoms with Crippen LogP contribution in [0, 0.1) is 0 Å². The maximum atomic E-state index is 10.8. The Balaban J connectivity index is 2.71. The number of amides is 1. The average Bonchev–Trinajstić information content (AvgIpc) is 2.18. The molecular formula is C9H14N4O. The van der Waals surface area contributed by atoms with E-state index in [1.54, 1.807) is 32.3 Å². The molecule has 5 heteroatoms. The summed E-state index contributed by atoms with van der Waals surface area (Å²) in [6.45, 7) is 1.71. The van der Waals surface area contributed by atoms with Crippen LogP contribution < -0.4 is 16.4 Å². The second-order valence-corrected chi connectivity index (χ2v) is 2.95. The van der Waals surface area contributed by atoms with Crippen molar-refractivity contribution in [1.29, 1.82) is 0 Å². The van der Waals surface area contributed by atoms with Gasteiger partial charge in [-0.3, -0.25) is 4.79 Å². The number of hydrogen-bond acceptors (Lipinski definition) is 4. The van der Waals surface area contributed by atoms with Crippen molar-refractivity contribution in [3.05, 3.63) is 18.3 Å². The van der Waals surface area contributed by atoms with Crippen molar-refractivity contribution in [2.24, 2.45) is 5.73 Å². The summed E-state index contributed by atoms with van der Waals surface area (Å²) in [6, 6.07) is 3.20. The standard InChI is InChI=1S/C9H14N4O/c1-6(9(10)14)13-7-3-4-12-8(5-7)11-2/h3-6H,1-2H3,(H2,10,14)(H2,11,12,13). The number of nitrogens with two attached hydrogens (primary N) is 1. The summed E-state index contributed by atoms with van der Waals surface area (Å²) in [5.74, 6) is 0.361. The molecule has 0 aliphatic heterocycles. The summed E-state index contributed by atoms with van der Waals surface area (Å²) in [4.78, 5) is 14.8. The van der Waals surface area contributed by atoms with Crippen molar-refractivity contribution in [3.8, 4) is 0 Å². The van der Waals surface area contributed by atoms with Gasteiger partial charge in [0.1, 0.15) is 11.9 Å². The monoisotopic (exact) mass is 194 g/mol. The van der Waals surface area contributed by atoms with E-state index >= 15 is 0 Å². The van der Waals surface area contributed by atoms with Crippen molar-refractivity contribution in [3.63, 3.8) is 0 Å². The van der Waals surface area contributed by atoms with E-state index in [1.807, 2.05) is 0 Å². The first-order chi connectivity index (χ1) is 6.63. The summed E-state index contributed by atoms with van der Waals surface area (Å²) in [5.41, 5.74) is 5.94. The Kier molecular flexibility index (Phi) is 3.28. The highest BCUT2D eigenvalue weighted by molar-refractivity contribution is 5.82. The van der Waals surface area contributed by atoms with Gasteiger partial charge in [-0.05, 0) is 13.0 Å². The number of pyridine rings is 1. The minimum atomic E-state index is -0.387. The molecule has 0 saturated carbocycles. The van der Waals surface area contributed by atoms with Crippen LogP contribution in [0.25, 0.3) is 0 Å². The first-order valence-electron chi connectivity index (χ1n) is 4.33. The predicted molar refractivity (Wildman–Crippen MR) is 56.1 cm³/mol. The van der Waals surface area contributed by atoms with Crippen molar-refractivity contribution in [1.82, 2.24) is 4.98 Å². The predicted octanol–water partition coefficient (Wildman–Crippen LogP) is 0.409. The van der Waals surface area contributed by atoms with Crippen molar-refractivity contribution < 1.29 is 4.79 Å². The van der Waals surface area contributed by atoms with Crippen molar-refractivity contribution >= 4 is 17.4 Å². The molecule has 0 fully saturated rings. The van der Waals surface area contributed by atoms with Gasteiger partial charge in [-0.2, -0.15) is 0 Å². The highest BCUT2D eigenvalue weighted by Gasteiger charge is 2.07. The number of anilines is 2. The van der Waals surface area contributed by atoms with Crippen molar-refractivity contribution in [2.75, 3.05) is 17.7 Å². The molecular weight excluding hydrogens is 180 g/mol. The number of aromatic nitrogens is 1. The zero-order valence-corrected chi connectivity index (χ0v) is 8.24. The number of nitrogens with zero attached hydrogens (tertiary/aromatic N) is 1. The molecule has 1 aromatic rings. The van der Waals surface area contributed by atoms with E-state index in [0.29, 0.717) is 0 Å². The second kappa shape index (κ2) is 4.45. The largest absolute Gasteiger partial charge is 0.374 e. The van der Waals surface area contributed by atoms with Gasteiger partial charge in [-0.25, -0.2) is 4.98 Å². The lowest BCUT2D eigenvalue weighted by Gasteiger charge is -2.11. The Hall–Kier alpha value is -1.78. The Morgan fingerprint density at radius 2 is 2.36 bits per heavy atom. The molecule has 0 aromatic carbocycles. The Morgan fingerprint density at radius 1 is 1.64 bits per heavy atom. The number of rotatable bonds is 4. The quantitative estimate of drug-likeness (QED) is 0.648. The number of hydrogen-bond donors (Lipinski definition) is 3. The van der Waals surface area contributed by atoms with E-state index in [4.69, 9.17) is 5.73 Å². The number of primary amides is 1. The van der Waals surface area contributed by atoms with E-state index in [1.165, 1.54) is 0 Å². The smallest absolute Gasteiger partial charge is 0.239 e. The van der Waals surface area contributed by atoms with Gasteiger partial charge in [0.2, 0.25) is 5.91 Å². The molecule has 1 amide bonds. The van der Waals surface area contributed by atoms with Gasteiger partial charge in [-0.1, -0.05) is 0 Å². The Morgan fingerprint density at radius 3 is 2.93 bits per heavy atom. The zero-order chi connectivity index (χ0) is 10.6. The molecule has 0 bridgehead atoms. The SMILES string of the molecule is CNc1cc(NC(C)C(N)=O)ccn1. The summed E-state index contributed by atoms with van der Waals surface area (Å²) in [7, 11) is 1.78. The minimum Gasteiger partial charge on any atom is -0.374 e. The number of carbonyl (C=O) groups excluding carboxylic acids is 1. The van der Waals surface area contributed by atoms with E-state index in [0.717, 1.165) is 11.5 Å². The molecule has 1 rings (SSSR count). The normalized spacial score (nSPS) is 11.9. The third kappa shape index (κ3) is 2.62. The summed E-state index contributed by atoms with van der Waals surface area (Å²) >= 11 is 0. The van der Waals surface area contributed by atoms with Crippen LogP contribution in [0.1, 0.15) is 6.92 Å². The van der Waals surface area contributed by atoms with Crippen LogP contribution in [0.4, 0.5) is 11.5 Å². The molecule has 1 heterocycles. The molecule has 0 spiro atoms. The highest BCUT2D eigenvalue weighted by atomic mass is 16.1. The van der Waals surface area contributed by atoms with Crippen LogP contribution in [0.2, 0.25) is 0 Å². The third-order valence-corrected chi connectivity index (χ3v) is 1.83. The molecule has 14 heavy (non-hydrogen) atoms. The van der Waals surface area contributed by atoms with Crippen LogP contribution in [0.15, 0.2) is 18.3 Å². The number of carbonyl (C=O) groups is 1. The van der Waals surface area contributed by atoms with Gasteiger partial charge in [0.25, 0.3) is 0 Å². The molecule has 76 valence electrons. The van der Waals surface area contributed by atoms with Gasteiger partial charge in [0, 0.05) is 25.0 Å². The first-order valence-corrected chi connectivity index (χ1v) is 4.33. The fourth-order valence-corrected chi connectivity index (χ4v) is 0.978. The van der Waals surface area contributed by atoms with E-state index in [-0.39, 0.29) is 11.9 Å². The molecule has 0 aliphatic carbocycles. The van der Waals surface area contributed by atoms with Crippen molar-refractivity contribution in [2.45, 2.75) is 13.0 Å². The van der Waals surface area contributed by atoms with Crippen LogP contribution in [-0.4, -0.2) is 24.0 Å². The van der Waals surface area contributed by atoms with Crippen LogP contribution >= 0.6 is 0 Å². The summed E-state index contributed by atoms with van der Waals surface area (Å²) in [5, 5.41) is 5.86. The van der Waals surface area contributed by atoms with Gasteiger partial charge < -0.3 is 16.4 Å². The van der Waals surface area contributed by atoms with Crippen LogP contribution in [-0.2, 0) is 4.79 Å². The molecule has 0 radical (unpaired) electrons. The lowest BCUT2D eigenvalue weighted by atomic mass is 10.3. The van der Waals surface area contributed by atoms with Crippen LogP contribution in [0.3, 0.4) is 0 Å². The lowest BCUT2D eigenvalue weighted by Crippen LogP contribution is -2.32. The first kappa shape index (κ1) is 10.3. The van der Waals surface area contributed by atoms with Gasteiger partial charge in [0.15, 0.2) is 0 Å². The fraction of sp³-hybridized carbons (Fsp3) is 0.333. The molecule has 5 nitrogen and oxygen atoms in total. The topological polar surface area (TPSA) is 80.0 Å². The lowest BCUT2D eigenvalue weighted by molar-refractivity contribution is -0.118. The minimum absolute atomic E-state index is 0.382. The van der Waals surface area contributed by atoms with E-state index in [9.17, 15) is 4.79 Å². The molecule has 0 saturated heterocycles. The summed E-state index contributed by atoms with van der Waals surface area (Å²) < 4.78 is 0. The zero-order valence-electron chi connectivity index (χ0n) is 8.24. The van der Waals surface area contributed by atoms with E-state index < -0.39 is 0 Å². The maximum Gasteiger partial charge on any atom is 0.239 e. The molecule has 0 aliphatic rings. The van der Waals surface area contributed by atoms with E-state index in [2.05, 4.69) is 15.6 Å². The average molecular weight is 194 g/mol. The molecule has 1 atom stereocenters. The van der Waals surface area contributed by atoms with Gasteiger partial charge >= 0.3 is 0 Å². The van der Waals surface area contributed by atoms with Gasteiger partial charge in [-0.15, -0.1) is 0 Å². The fourth-order valence-electron chi connectivity index (χ4n) is 0.978. The molecule has 4 N–H and O–H groups in total. The molecule has 1 aromatic heterocycles. The number of nitrogens with one attached hydrogen (secondary N) is 2.